The van der Waals surface area contributed by atoms with Gasteiger partial charge in [0.25, 0.3) is 5.91 Å². The van der Waals surface area contributed by atoms with Gasteiger partial charge in [-0.1, -0.05) is 6.07 Å². The fourth-order valence-corrected chi connectivity index (χ4v) is 2.70. The Morgan fingerprint density at radius 2 is 2.00 bits per heavy atom. The molecular weight excluding hydrogens is 346 g/mol. The number of pyridine rings is 1. The number of rotatable bonds is 4. The molecule has 27 heavy (non-hydrogen) atoms. The molecular formula is C19H15N5O3. The molecule has 0 bridgehead atoms. The molecule has 4 aromatic rings. The molecule has 1 aromatic carbocycles. The number of hydrogen-bond donors (Lipinski definition) is 1. The predicted molar refractivity (Wildman–Crippen MR) is 98.5 cm³/mol. The highest BCUT2D eigenvalue weighted by Gasteiger charge is 2.15. The van der Waals surface area contributed by atoms with Gasteiger partial charge >= 0.3 is 0 Å². The van der Waals surface area contributed by atoms with Crippen LogP contribution >= 0.6 is 0 Å². The number of aromatic nitrogens is 4. The lowest BCUT2D eigenvalue weighted by atomic mass is 10.1. The summed E-state index contributed by atoms with van der Waals surface area (Å²) in [5, 5.41) is 2.66. The minimum Gasteiger partial charge on any atom is -0.494 e. The SMILES string of the molecule is COc1ccc(-c2cccnc2)c2ncc(NC(=O)c3cnc(C)o3)nc12. The minimum absolute atomic E-state index is 0.102. The van der Waals surface area contributed by atoms with Gasteiger partial charge in [0.2, 0.25) is 5.76 Å². The van der Waals surface area contributed by atoms with Crippen molar-refractivity contribution in [3.63, 3.8) is 0 Å². The second-order valence-corrected chi connectivity index (χ2v) is 5.71. The van der Waals surface area contributed by atoms with Crippen LogP contribution in [0.3, 0.4) is 0 Å². The lowest BCUT2D eigenvalue weighted by molar-refractivity contribution is 0.0995. The highest BCUT2D eigenvalue weighted by atomic mass is 16.5. The van der Waals surface area contributed by atoms with Gasteiger partial charge < -0.3 is 14.5 Å². The van der Waals surface area contributed by atoms with E-state index in [-0.39, 0.29) is 11.6 Å². The van der Waals surface area contributed by atoms with Crippen LogP contribution in [0, 0.1) is 6.92 Å². The van der Waals surface area contributed by atoms with Gasteiger partial charge in [-0.15, -0.1) is 0 Å². The zero-order valence-electron chi connectivity index (χ0n) is 14.6. The van der Waals surface area contributed by atoms with Gasteiger partial charge in [-0.25, -0.2) is 15.0 Å². The summed E-state index contributed by atoms with van der Waals surface area (Å²) in [7, 11) is 1.56. The minimum atomic E-state index is -0.452. The Labute approximate surface area is 154 Å². The Balaban J connectivity index is 1.76. The van der Waals surface area contributed by atoms with Crippen molar-refractivity contribution in [2.75, 3.05) is 12.4 Å². The standard InChI is InChI=1S/C19H15N5O3/c1-11-21-9-15(27-11)19(25)24-16-10-22-17-13(12-4-3-7-20-8-12)5-6-14(26-2)18(17)23-16/h3-10H,1-2H3,(H,23,24,25). The summed E-state index contributed by atoms with van der Waals surface area (Å²) in [6.07, 6.45) is 6.31. The van der Waals surface area contributed by atoms with Crippen LogP contribution in [0.5, 0.6) is 5.75 Å². The Bertz CT molecular complexity index is 1120. The van der Waals surface area contributed by atoms with E-state index in [1.807, 2.05) is 24.3 Å². The fourth-order valence-electron chi connectivity index (χ4n) is 2.70. The lowest BCUT2D eigenvalue weighted by Crippen LogP contribution is -2.12. The molecule has 0 saturated carbocycles. The summed E-state index contributed by atoms with van der Waals surface area (Å²) < 4.78 is 10.6. The number of aryl methyl sites for hydroxylation is 1. The van der Waals surface area contributed by atoms with Gasteiger partial charge in [0, 0.05) is 30.4 Å². The number of oxazole rings is 1. The number of benzene rings is 1. The van der Waals surface area contributed by atoms with Crippen LogP contribution in [0.25, 0.3) is 22.2 Å². The van der Waals surface area contributed by atoms with Crippen LogP contribution < -0.4 is 10.1 Å². The molecule has 0 aliphatic rings. The van der Waals surface area contributed by atoms with E-state index < -0.39 is 5.91 Å². The first-order valence-electron chi connectivity index (χ1n) is 8.13. The van der Waals surface area contributed by atoms with E-state index in [2.05, 4.69) is 25.3 Å². The molecule has 8 heteroatoms. The van der Waals surface area contributed by atoms with Crippen molar-refractivity contribution in [2.24, 2.45) is 0 Å². The average Bonchev–Trinajstić information content (AvgIpc) is 3.14. The van der Waals surface area contributed by atoms with Crippen molar-refractivity contribution >= 4 is 22.8 Å². The van der Waals surface area contributed by atoms with Crippen LogP contribution in [0.4, 0.5) is 5.82 Å². The number of hydrogen-bond acceptors (Lipinski definition) is 7. The Morgan fingerprint density at radius 1 is 1.11 bits per heavy atom. The highest BCUT2D eigenvalue weighted by Crippen LogP contribution is 2.32. The third-order valence-corrected chi connectivity index (χ3v) is 3.94. The molecule has 0 atom stereocenters. The monoisotopic (exact) mass is 361 g/mol. The van der Waals surface area contributed by atoms with Gasteiger partial charge in [-0.3, -0.25) is 9.78 Å². The molecule has 8 nitrogen and oxygen atoms in total. The number of fused-ring (bicyclic) bond motifs is 1. The van der Waals surface area contributed by atoms with E-state index in [1.54, 1.807) is 26.4 Å². The molecule has 3 aromatic heterocycles. The number of anilines is 1. The molecule has 0 spiro atoms. The molecule has 4 rings (SSSR count). The molecule has 1 N–H and O–H groups in total. The molecule has 134 valence electrons. The average molecular weight is 361 g/mol. The summed E-state index contributed by atoms with van der Waals surface area (Å²) in [5.41, 5.74) is 2.96. The van der Waals surface area contributed by atoms with Gasteiger partial charge in [0.05, 0.1) is 19.5 Å². The van der Waals surface area contributed by atoms with E-state index in [9.17, 15) is 4.79 Å². The van der Waals surface area contributed by atoms with E-state index >= 15 is 0 Å². The maximum atomic E-state index is 12.3. The second kappa shape index (κ2) is 6.83. The van der Waals surface area contributed by atoms with E-state index in [4.69, 9.17) is 9.15 Å². The van der Waals surface area contributed by atoms with E-state index in [0.717, 1.165) is 11.1 Å². The Morgan fingerprint density at radius 3 is 2.70 bits per heavy atom. The number of methoxy groups -OCH3 is 1. The van der Waals surface area contributed by atoms with Crippen molar-refractivity contribution < 1.29 is 13.9 Å². The Kier molecular flexibility index (Phi) is 4.21. The third kappa shape index (κ3) is 3.20. The van der Waals surface area contributed by atoms with Crippen molar-refractivity contribution in [2.45, 2.75) is 6.92 Å². The first kappa shape index (κ1) is 16.6. The van der Waals surface area contributed by atoms with Gasteiger partial charge in [0.15, 0.2) is 11.7 Å². The van der Waals surface area contributed by atoms with Crippen LogP contribution in [0.1, 0.15) is 16.4 Å². The number of ether oxygens (including phenoxy) is 1. The lowest BCUT2D eigenvalue weighted by Gasteiger charge is -2.10. The number of nitrogens with zero attached hydrogens (tertiary/aromatic N) is 4. The maximum absolute atomic E-state index is 12.3. The van der Waals surface area contributed by atoms with E-state index in [1.165, 1.54) is 12.4 Å². The summed E-state index contributed by atoms with van der Waals surface area (Å²) in [5.74, 6) is 0.893. The van der Waals surface area contributed by atoms with Crippen molar-refractivity contribution in [3.8, 4) is 16.9 Å². The first-order valence-corrected chi connectivity index (χ1v) is 8.13. The topological polar surface area (TPSA) is 103 Å². The van der Waals surface area contributed by atoms with Gasteiger partial charge in [0.1, 0.15) is 16.8 Å². The molecule has 0 unspecified atom stereocenters. The summed E-state index contributed by atoms with van der Waals surface area (Å²) in [6.45, 7) is 1.66. The molecule has 3 heterocycles. The number of nitrogens with one attached hydrogen (secondary N) is 1. The molecule has 0 radical (unpaired) electrons. The molecule has 1 amide bonds. The van der Waals surface area contributed by atoms with Gasteiger partial charge in [-0.2, -0.15) is 0 Å². The molecule has 0 saturated heterocycles. The van der Waals surface area contributed by atoms with Gasteiger partial charge in [-0.05, 0) is 18.2 Å². The largest absolute Gasteiger partial charge is 0.494 e. The molecule has 0 aliphatic heterocycles. The molecule has 0 aliphatic carbocycles. The number of carbonyl (C=O) groups excluding carboxylic acids is 1. The van der Waals surface area contributed by atoms with Crippen molar-refractivity contribution in [1.29, 1.82) is 0 Å². The van der Waals surface area contributed by atoms with Crippen LogP contribution in [-0.4, -0.2) is 33.0 Å². The number of amides is 1. The van der Waals surface area contributed by atoms with Crippen molar-refractivity contribution in [3.05, 3.63) is 60.7 Å². The normalized spacial score (nSPS) is 10.7. The highest BCUT2D eigenvalue weighted by molar-refractivity contribution is 6.02. The quantitative estimate of drug-likeness (QED) is 0.595. The first-order chi connectivity index (χ1) is 13.2. The summed E-state index contributed by atoms with van der Waals surface area (Å²) in [6, 6.07) is 7.51. The van der Waals surface area contributed by atoms with Crippen molar-refractivity contribution in [1.82, 2.24) is 19.9 Å². The van der Waals surface area contributed by atoms with Crippen LogP contribution in [0.2, 0.25) is 0 Å². The summed E-state index contributed by atoms with van der Waals surface area (Å²) in [4.78, 5) is 29.3. The maximum Gasteiger partial charge on any atom is 0.294 e. The fraction of sp³-hybridized carbons (Fsp3) is 0.105. The smallest absolute Gasteiger partial charge is 0.294 e. The molecule has 0 fully saturated rings. The zero-order valence-corrected chi connectivity index (χ0v) is 14.6. The summed E-state index contributed by atoms with van der Waals surface area (Å²) >= 11 is 0. The third-order valence-electron chi connectivity index (χ3n) is 3.94. The zero-order chi connectivity index (χ0) is 18.8. The predicted octanol–water partition coefficient (Wildman–Crippen LogP) is 3.25. The van der Waals surface area contributed by atoms with E-state index in [0.29, 0.717) is 22.7 Å². The number of carbonyl (C=O) groups is 1. The second-order valence-electron chi connectivity index (χ2n) is 5.71. The van der Waals surface area contributed by atoms with Crippen LogP contribution in [-0.2, 0) is 0 Å². The van der Waals surface area contributed by atoms with Crippen LogP contribution in [0.15, 0.2) is 53.5 Å². The Hall–Kier alpha value is -3.81.